The lowest BCUT2D eigenvalue weighted by Gasteiger charge is -1.98. The van der Waals surface area contributed by atoms with E-state index in [2.05, 4.69) is 4.98 Å². The molecule has 0 spiro atoms. The van der Waals surface area contributed by atoms with Gasteiger partial charge in [-0.1, -0.05) is 0 Å². The van der Waals surface area contributed by atoms with E-state index in [0.29, 0.717) is 28.3 Å². The first-order chi connectivity index (χ1) is 9.17. The van der Waals surface area contributed by atoms with Crippen LogP contribution < -0.4 is 10.5 Å². The Morgan fingerprint density at radius 3 is 2.79 bits per heavy atom. The lowest BCUT2D eigenvalue weighted by molar-refractivity contribution is 0.415. The van der Waals surface area contributed by atoms with Gasteiger partial charge < -0.3 is 14.9 Å². The van der Waals surface area contributed by atoms with Gasteiger partial charge in [-0.3, -0.25) is 0 Å². The molecule has 3 aromatic rings. The van der Waals surface area contributed by atoms with Crippen LogP contribution in [0.4, 0.5) is 10.1 Å². The number of nitrogen functional groups attached to an aromatic ring is 1. The molecule has 0 bridgehead atoms. The molecule has 0 aliphatic carbocycles. The summed E-state index contributed by atoms with van der Waals surface area (Å²) in [7, 11) is 1.59. The van der Waals surface area contributed by atoms with Crippen LogP contribution in [-0.2, 0) is 0 Å². The SMILES string of the molecule is COc1ccc2oc(-c3ccc(F)c(N)c3)nc2c1. The van der Waals surface area contributed by atoms with Gasteiger partial charge in [-0.25, -0.2) is 9.37 Å². The Bertz CT molecular complexity index is 752. The highest BCUT2D eigenvalue weighted by Crippen LogP contribution is 2.28. The maximum atomic E-state index is 13.1. The van der Waals surface area contributed by atoms with Crippen molar-refractivity contribution in [1.82, 2.24) is 4.98 Å². The van der Waals surface area contributed by atoms with Crippen LogP contribution in [0.25, 0.3) is 22.6 Å². The van der Waals surface area contributed by atoms with Crippen molar-refractivity contribution in [3.8, 4) is 17.2 Å². The molecular formula is C14H11FN2O2. The van der Waals surface area contributed by atoms with Gasteiger partial charge in [0.1, 0.15) is 17.1 Å². The summed E-state index contributed by atoms with van der Waals surface area (Å²) in [5, 5.41) is 0. The summed E-state index contributed by atoms with van der Waals surface area (Å²) in [6.07, 6.45) is 0. The minimum atomic E-state index is -0.457. The van der Waals surface area contributed by atoms with Crippen molar-refractivity contribution in [1.29, 1.82) is 0 Å². The van der Waals surface area contributed by atoms with Gasteiger partial charge in [-0.2, -0.15) is 0 Å². The predicted octanol–water partition coefficient (Wildman–Crippen LogP) is 3.22. The molecule has 5 heteroatoms. The van der Waals surface area contributed by atoms with Gasteiger partial charge in [0.05, 0.1) is 12.8 Å². The number of oxazole rings is 1. The fraction of sp³-hybridized carbons (Fsp3) is 0.0714. The first kappa shape index (κ1) is 11.5. The van der Waals surface area contributed by atoms with E-state index >= 15 is 0 Å². The number of aromatic nitrogens is 1. The number of benzene rings is 2. The number of hydrogen-bond donors (Lipinski definition) is 1. The largest absolute Gasteiger partial charge is 0.497 e. The number of rotatable bonds is 2. The third-order valence-electron chi connectivity index (χ3n) is 2.84. The maximum Gasteiger partial charge on any atom is 0.227 e. The van der Waals surface area contributed by atoms with Crippen LogP contribution in [-0.4, -0.2) is 12.1 Å². The predicted molar refractivity (Wildman–Crippen MR) is 70.4 cm³/mol. The topological polar surface area (TPSA) is 61.3 Å². The van der Waals surface area contributed by atoms with Crippen LogP contribution in [0, 0.1) is 5.82 Å². The van der Waals surface area contributed by atoms with Gasteiger partial charge in [0.2, 0.25) is 5.89 Å². The molecule has 0 fully saturated rings. The van der Waals surface area contributed by atoms with E-state index in [0.717, 1.165) is 0 Å². The molecule has 0 atom stereocenters. The molecule has 0 saturated carbocycles. The van der Waals surface area contributed by atoms with Crippen molar-refractivity contribution in [2.45, 2.75) is 0 Å². The van der Waals surface area contributed by atoms with Gasteiger partial charge in [-0.05, 0) is 30.3 Å². The molecule has 0 aliphatic heterocycles. The molecule has 1 aromatic heterocycles. The highest BCUT2D eigenvalue weighted by molar-refractivity contribution is 5.78. The minimum absolute atomic E-state index is 0.0670. The second-order valence-electron chi connectivity index (χ2n) is 4.09. The summed E-state index contributed by atoms with van der Waals surface area (Å²) in [4.78, 5) is 4.34. The van der Waals surface area contributed by atoms with Gasteiger partial charge in [0.15, 0.2) is 5.58 Å². The highest BCUT2D eigenvalue weighted by atomic mass is 19.1. The van der Waals surface area contributed by atoms with Crippen LogP contribution in [0.3, 0.4) is 0 Å². The lowest BCUT2D eigenvalue weighted by atomic mass is 10.2. The number of nitrogens with zero attached hydrogens (tertiary/aromatic N) is 1. The Kier molecular flexibility index (Phi) is 2.59. The zero-order valence-corrected chi connectivity index (χ0v) is 10.2. The third-order valence-corrected chi connectivity index (χ3v) is 2.84. The summed E-state index contributed by atoms with van der Waals surface area (Å²) in [5.74, 6) is 0.641. The molecule has 2 aromatic carbocycles. The van der Waals surface area contributed by atoms with Crippen molar-refractivity contribution < 1.29 is 13.5 Å². The monoisotopic (exact) mass is 258 g/mol. The van der Waals surface area contributed by atoms with E-state index < -0.39 is 5.82 Å². The van der Waals surface area contributed by atoms with Crippen molar-refractivity contribution >= 4 is 16.8 Å². The van der Waals surface area contributed by atoms with E-state index in [1.807, 2.05) is 0 Å². The highest BCUT2D eigenvalue weighted by Gasteiger charge is 2.10. The standard InChI is InChI=1S/C14H11FN2O2/c1-18-9-3-5-13-12(7-9)17-14(19-13)8-2-4-10(15)11(16)6-8/h2-7H,16H2,1H3. The van der Waals surface area contributed by atoms with E-state index in [9.17, 15) is 4.39 Å². The van der Waals surface area contributed by atoms with Gasteiger partial charge in [0, 0.05) is 11.6 Å². The number of anilines is 1. The number of fused-ring (bicyclic) bond motifs is 1. The van der Waals surface area contributed by atoms with Crippen LogP contribution in [0.2, 0.25) is 0 Å². The zero-order valence-electron chi connectivity index (χ0n) is 10.2. The van der Waals surface area contributed by atoms with Gasteiger partial charge in [0.25, 0.3) is 0 Å². The maximum absolute atomic E-state index is 13.1. The number of methoxy groups -OCH3 is 1. The molecule has 0 radical (unpaired) electrons. The first-order valence-corrected chi connectivity index (χ1v) is 5.67. The molecule has 4 nitrogen and oxygen atoms in total. The Morgan fingerprint density at radius 1 is 1.21 bits per heavy atom. The van der Waals surface area contributed by atoms with Crippen LogP contribution in [0.1, 0.15) is 0 Å². The number of halogens is 1. The molecule has 0 unspecified atom stereocenters. The molecule has 0 saturated heterocycles. The average Bonchev–Trinajstić information content (AvgIpc) is 2.84. The summed E-state index contributed by atoms with van der Waals surface area (Å²) in [6.45, 7) is 0. The average molecular weight is 258 g/mol. The van der Waals surface area contributed by atoms with Gasteiger partial charge >= 0.3 is 0 Å². The summed E-state index contributed by atoms with van der Waals surface area (Å²) < 4.78 is 23.8. The molecule has 0 aliphatic rings. The summed E-state index contributed by atoms with van der Waals surface area (Å²) in [5.41, 5.74) is 7.55. The van der Waals surface area contributed by atoms with E-state index in [1.54, 1.807) is 31.4 Å². The van der Waals surface area contributed by atoms with E-state index in [-0.39, 0.29) is 5.69 Å². The normalized spacial score (nSPS) is 10.8. The molecule has 19 heavy (non-hydrogen) atoms. The van der Waals surface area contributed by atoms with Crippen molar-refractivity contribution in [2.24, 2.45) is 0 Å². The Balaban J connectivity index is 2.11. The van der Waals surface area contributed by atoms with Crippen molar-refractivity contribution in [2.75, 3.05) is 12.8 Å². The number of nitrogens with two attached hydrogens (primary N) is 1. The fourth-order valence-electron chi connectivity index (χ4n) is 1.83. The summed E-state index contributed by atoms with van der Waals surface area (Å²) in [6, 6.07) is 9.70. The molecule has 3 rings (SSSR count). The minimum Gasteiger partial charge on any atom is -0.497 e. The molecule has 96 valence electrons. The Labute approximate surface area is 108 Å². The second-order valence-corrected chi connectivity index (χ2v) is 4.09. The van der Waals surface area contributed by atoms with Gasteiger partial charge in [-0.15, -0.1) is 0 Å². The first-order valence-electron chi connectivity index (χ1n) is 5.67. The van der Waals surface area contributed by atoms with Crippen LogP contribution in [0.15, 0.2) is 40.8 Å². The molecule has 2 N–H and O–H groups in total. The van der Waals surface area contributed by atoms with Crippen LogP contribution in [0.5, 0.6) is 5.75 Å². The van der Waals surface area contributed by atoms with E-state index in [1.165, 1.54) is 12.1 Å². The van der Waals surface area contributed by atoms with E-state index in [4.69, 9.17) is 14.9 Å². The second kappa shape index (κ2) is 4.28. The van der Waals surface area contributed by atoms with Crippen molar-refractivity contribution in [3.63, 3.8) is 0 Å². The third kappa shape index (κ3) is 1.99. The zero-order chi connectivity index (χ0) is 13.4. The fourth-order valence-corrected chi connectivity index (χ4v) is 1.83. The molecular weight excluding hydrogens is 247 g/mol. The molecule has 1 heterocycles. The number of ether oxygens (including phenoxy) is 1. The van der Waals surface area contributed by atoms with Crippen molar-refractivity contribution in [3.05, 3.63) is 42.2 Å². The lowest BCUT2D eigenvalue weighted by Crippen LogP contribution is -1.90. The molecule has 0 amide bonds. The smallest absolute Gasteiger partial charge is 0.227 e. The van der Waals surface area contributed by atoms with Crippen LogP contribution >= 0.6 is 0 Å². The number of hydrogen-bond acceptors (Lipinski definition) is 4. The Hall–Kier alpha value is -2.56. The quantitative estimate of drug-likeness (QED) is 0.717. The Morgan fingerprint density at radius 2 is 2.05 bits per heavy atom. The summed E-state index contributed by atoms with van der Waals surface area (Å²) >= 11 is 0.